The van der Waals surface area contributed by atoms with Crippen LogP contribution in [0, 0.1) is 0 Å². The van der Waals surface area contributed by atoms with E-state index in [-0.39, 0.29) is 17.2 Å². The summed E-state index contributed by atoms with van der Waals surface area (Å²) in [6.07, 6.45) is 0. The Hall–Kier alpha value is -2.20. The van der Waals surface area contributed by atoms with Gasteiger partial charge < -0.3 is 9.47 Å². The van der Waals surface area contributed by atoms with E-state index in [4.69, 9.17) is 9.47 Å². The fraction of sp³-hybridized carbons (Fsp3) is 0.167. The molecule has 27 heavy (non-hydrogen) atoms. The van der Waals surface area contributed by atoms with Gasteiger partial charge in [0, 0.05) is 17.5 Å². The van der Waals surface area contributed by atoms with E-state index in [1.165, 1.54) is 34.8 Å². The first kappa shape index (κ1) is 18.2. The Kier molecular flexibility index (Phi) is 5.00. The zero-order chi connectivity index (χ0) is 18.9. The van der Waals surface area contributed by atoms with Gasteiger partial charge >= 0.3 is 0 Å². The molecular weight excluding hydrogens is 406 g/mol. The van der Waals surface area contributed by atoms with Crippen molar-refractivity contribution in [3.05, 3.63) is 62.5 Å². The summed E-state index contributed by atoms with van der Waals surface area (Å²) >= 11 is 2.67. The third kappa shape index (κ3) is 3.91. The topological polar surface area (TPSA) is 81.7 Å². The van der Waals surface area contributed by atoms with E-state index < -0.39 is 10.0 Å². The van der Waals surface area contributed by atoms with Crippen LogP contribution in [0.15, 0.2) is 52.7 Å². The number of sulfonamides is 1. The van der Waals surface area contributed by atoms with Crippen LogP contribution in [0.2, 0.25) is 0 Å². The van der Waals surface area contributed by atoms with E-state index >= 15 is 0 Å². The molecule has 1 aliphatic heterocycles. The van der Waals surface area contributed by atoms with Gasteiger partial charge in [-0.1, -0.05) is 6.07 Å². The smallest absolute Gasteiger partial charge is 0.241 e. The van der Waals surface area contributed by atoms with Gasteiger partial charge in [0.15, 0.2) is 11.5 Å². The second-order valence-electron chi connectivity index (χ2n) is 5.70. The highest BCUT2D eigenvalue weighted by molar-refractivity contribution is 7.89. The largest absolute Gasteiger partial charge is 0.486 e. The summed E-state index contributed by atoms with van der Waals surface area (Å²) in [6.45, 7) is 0.946. The highest BCUT2D eigenvalue weighted by Crippen LogP contribution is 2.32. The van der Waals surface area contributed by atoms with E-state index in [0.29, 0.717) is 34.5 Å². The zero-order valence-electron chi connectivity index (χ0n) is 14.0. The Bertz CT molecular complexity index is 1070. The second kappa shape index (κ2) is 7.43. The molecule has 3 aromatic rings. The number of hydrogen-bond donors (Lipinski definition) is 1. The molecule has 0 fully saturated rings. The first-order valence-electron chi connectivity index (χ1n) is 8.09. The molecule has 0 saturated carbocycles. The summed E-state index contributed by atoms with van der Waals surface area (Å²) < 4.78 is 38.5. The van der Waals surface area contributed by atoms with E-state index in [0.717, 1.165) is 4.88 Å². The molecule has 0 aliphatic carbocycles. The summed E-state index contributed by atoms with van der Waals surface area (Å²) in [5.74, 6) is 0.912. The number of ketones is 1. The SMILES string of the molecule is O=C(c1cccs1)c1ccc(CNS(=O)(=O)c2ccc3c(c2)OCCO3)s1. The maximum absolute atomic E-state index is 12.6. The second-order valence-corrected chi connectivity index (χ2v) is 9.59. The van der Waals surface area contributed by atoms with E-state index in [9.17, 15) is 13.2 Å². The summed E-state index contributed by atoms with van der Waals surface area (Å²) in [5, 5.41) is 1.85. The highest BCUT2D eigenvalue weighted by Gasteiger charge is 2.20. The van der Waals surface area contributed by atoms with Crippen LogP contribution in [-0.4, -0.2) is 27.4 Å². The number of benzene rings is 1. The number of hydrogen-bond acceptors (Lipinski definition) is 7. The molecule has 3 heterocycles. The molecule has 140 valence electrons. The number of ether oxygens (including phenoxy) is 2. The molecule has 0 unspecified atom stereocenters. The van der Waals surface area contributed by atoms with Gasteiger partial charge in [-0.3, -0.25) is 4.79 Å². The minimum atomic E-state index is -3.71. The predicted octanol–water partition coefficient (Wildman–Crippen LogP) is 3.29. The zero-order valence-corrected chi connectivity index (χ0v) is 16.5. The van der Waals surface area contributed by atoms with E-state index in [1.54, 1.807) is 24.3 Å². The molecule has 1 N–H and O–H groups in total. The van der Waals surface area contributed by atoms with Crippen molar-refractivity contribution in [1.82, 2.24) is 4.72 Å². The molecular formula is C18H15NO5S3. The van der Waals surface area contributed by atoms with Crippen molar-refractivity contribution in [2.45, 2.75) is 11.4 Å². The lowest BCUT2D eigenvalue weighted by molar-refractivity contribution is 0.104. The number of carbonyl (C=O) groups excluding carboxylic acids is 1. The van der Waals surface area contributed by atoms with Crippen LogP contribution in [0.5, 0.6) is 11.5 Å². The Labute approximate surface area is 164 Å². The van der Waals surface area contributed by atoms with Crippen LogP contribution in [-0.2, 0) is 16.6 Å². The first-order chi connectivity index (χ1) is 13.0. The lowest BCUT2D eigenvalue weighted by Gasteiger charge is -2.18. The quantitative estimate of drug-likeness (QED) is 0.618. The van der Waals surface area contributed by atoms with Gasteiger partial charge in [0.2, 0.25) is 15.8 Å². The standard InChI is InChI=1S/C18H15NO5S3/c20-18(16-2-1-9-25-16)17-6-3-12(26-17)11-19-27(21,22)13-4-5-14-15(10-13)24-8-7-23-14/h1-6,9-10,19H,7-8,11H2. The first-order valence-corrected chi connectivity index (χ1v) is 11.3. The molecule has 0 bridgehead atoms. The summed E-state index contributed by atoms with van der Waals surface area (Å²) in [4.78, 5) is 14.5. The average molecular weight is 422 g/mol. The monoisotopic (exact) mass is 421 g/mol. The van der Waals surface area contributed by atoms with Crippen LogP contribution < -0.4 is 14.2 Å². The molecule has 2 aromatic heterocycles. The summed E-state index contributed by atoms with van der Waals surface area (Å²) in [6, 6.07) is 11.6. The van der Waals surface area contributed by atoms with Crippen molar-refractivity contribution < 1.29 is 22.7 Å². The van der Waals surface area contributed by atoms with Crippen LogP contribution in [0.25, 0.3) is 0 Å². The lowest BCUT2D eigenvalue weighted by Crippen LogP contribution is -2.23. The third-order valence-electron chi connectivity index (χ3n) is 3.89. The number of rotatable bonds is 6. The Balaban J connectivity index is 1.46. The van der Waals surface area contributed by atoms with Crippen LogP contribution in [0.1, 0.15) is 19.4 Å². The molecule has 9 heteroatoms. The van der Waals surface area contributed by atoms with Crippen molar-refractivity contribution in [2.75, 3.05) is 13.2 Å². The fourth-order valence-corrected chi connectivity index (χ4v) is 5.32. The molecule has 4 rings (SSSR count). The summed E-state index contributed by atoms with van der Waals surface area (Å²) in [5.41, 5.74) is 0. The van der Waals surface area contributed by atoms with Gasteiger partial charge in [0.1, 0.15) is 13.2 Å². The average Bonchev–Trinajstić information content (AvgIpc) is 3.37. The Morgan fingerprint density at radius 2 is 1.85 bits per heavy atom. The van der Waals surface area contributed by atoms with Gasteiger partial charge in [-0.25, -0.2) is 13.1 Å². The normalized spacial score (nSPS) is 13.5. The van der Waals surface area contributed by atoms with Crippen LogP contribution >= 0.6 is 22.7 Å². The van der Waals surface area contributed by atoms with Gasteiger partial charge in [-0.05, 0) is 35.7 Å². The maximum Gasteiger partial charge on any atom is 0.241 e. The van der Waals surface area contributed by atoms with Gasteiger partial charge in [-0.15, -0.1) is 22.7 Å². The Morgan fingerprint density at radius 3 is 2.63 bits per heavy atom. The number of fused-ring (bicyclic) bond motifs is 1. The predicted molar refractivity (Wildman–Crippen MR) is 104 cm³/mol. The van der Waals surface area contributed by atoms with E-state index in [2.05, 4.69) is 4.72 Å². The molecule has 0 radical (unpaired) electrons. The molecule has 0 amide bonds. The summed E-state index contributed by atoms with van der Waals surface area (Å²) in [7, 11) is -3.71. The van der Waals surface area contributed by atoms with Crippen molar-refractivity contribution in [3.8, 4) is 11.5 Å². The highest BCUT2D eigenvalue weighted by atomic mass is 32.2. The molecule has 0 saturated heterocycles. The van der Waals surface area contributed by atoms with Crippen molar-refractivity contribution >= 4 is 38.5 Å². The van der Waals surface area contributed by atoms with Crippen molar-refractivity contribution in [2.24, 2.45) is 0 Å². The van der Waals surface area contributed by atoms with Crippen molar-refractivity contribution in [3.63, 3.8) is 0 Å². The Morgan fingerprint density at radius 1 is 1.04 bits per heavy atom. The molecule has 0 spiro atoms. The number of carbonyl (C=O) groups is 1. The molecule has 0 atom stereocenters. The van der Waals surface area contributed by atoms with Gasteiger partial charge in [0.05, 0.1) is 14.6 Å². The maximum atomic E-state index is 12.6. The van der Waals surface area contributed by atoms with Crippen LogP contribution in [0.3, 0.4) is 0 Å². The number of nitrogens with one attached hydrogen (secondary N) is 1. The van der Waals surface area contributed by atoms with Gasteiger partial charge in [0.25, 0.3) is 0 Å². The van der Waals surface area contributed by atoms with Gasteiger partial charge in [-0.2, -0.15) is 0 Å². The number of thiophene rings is 2. The third-order valence-corrected chi connectivity index (χ3v) is 7.24. The molecule has 1 aromatic carbocycles. The molecule has 1 aliphatic rings. The fourth-order valence-electron chi connectivity index (χ4n) is 2.56. The van der Waals surface area contributed by atoms with E-state index in [1.807, 2.05) is 11.4 Å². The minimum Gasteiger partial charge on any atom is -0.486 e. The molecule has 6 nitrogen and oxygen atoms in total. The van der Waals surface area contributed by atoms with Crippen LogP contribution in [0.4, 0.5) is 0 Å². The minimum absolute atomic E-state index is 0.0454. The van der Waals surface area contributed by atoms with Crippen molar-refractivity contribution in [1.29, 1.82) is 0 Å². The lowest BCUT2D eigenvalue weighted by atomic mass is 10.3.